The Hall–Kier alpha value is -1.61. The Morgan fingerprint density at radius 3 is 2.64 bits per heavy atom. The monoisotopic (exact) mass is 329 g/mol. The van der Waals surface area contributed by atoms with Gasteiger partial charge in [-0.05, 0) is 25.8 Å². The number of carbonyl (C=O) groups excluding carboxylic acids is 1. The highest BCUT2D eigenvalue weighted by atomic mass is 32.2. The maximum absolute atomic E-state index is 11.9. The van der Waals surface area contributed by atoms with E-state index in [1.165, 1.54) is 10.6 Å². The third kappa shape index (κ3) is 4.99. The first-order chi connectivity index (χ1) is 10.3. The molecule has 22 heavy (non-hydrogen) atoms. The molecule has 0 bridgehead atoms. The predicted octanol–water partition coefficient (Wildman–Crippen LogP) is -0.00520. The van der Waals surface area contributed by atoms with Gasteiger partial charge in [-0.1, -0.05) is 0 Å². The summed E-state index contributed by atoms with van der Waals surface area (Å²) in [5, 5.41) is 9.86. The molecule has 0 unspecified atom stereocenters. The van der Waals surface area contributed by atoms with E-state index in [4.69, 9.17) is 0 Å². The van der Waals surface area contributed by atoms with Crippen molar-refractivity contribution in [3.05, 3.63) is 18.5 Å². The number of hydrogen-bond donors (Lipinski definition) is 2. The van der Waals surface area contributed by atoms with Crippen molar-refractivity contribution in [3.63, 3.8) is 0 Å². The summed E-state index contributed by atoms with van der Waals surface area (Å²) in [7, 11) is -3.13. The molecule has 1 atom stereocenters. The topological polar surface area (TPSA) is 96.3 Å². The minimum Gasteiger partial charge on any atom is -0.335 e. The average molecular weight is 329 g/mol. The van der Waals surface area contributed by atoms with Gasteiger partial charge < -0.3 is 10.6 Å². The first kappa shape index (κ1) is 16.8. The van der Waals surface area contributed by atoms with Gasteiger partial charge in [0.15, 0.2) is 0 Å². The molecule has 9 heteroatoms. The minimum absolute atomic E-state index is 0.00917. The standard InChI is InChI=1S/C13H23N5O3S/c1-11(10-17-7-3-6-14-17)15-13(19)16-12-4-8-18(9-5-12)22(2,20)21/h3,6-7,11-12H,4-5,8-10H2,1-2H3,(H2,15,16,19)/t11-/m0/s1. The first-order valence-electron chi connectivity index (χ1n) is 7.34. The summed E-state index contributed by atoms with van der Waals surface area (Å²) in [4.78, 5) is 11.9. The number of piperidine rings is 1. The Kier molecular flexibility index (Phi) is 5.41. The van der Waals surface area contributed by atoms with Gasteiger partial charge >= 0.3 is 6.03 Å². The lowest BCUT2D eigenvalue weighted by molar-refractivity contribution is 0.223. The van der Waals surface area contributed by atoms with Crippen LogP contribution in [0, 0.1) is 0 Å². The zero-order valence-electron chi connectivity index (χ0n) is 12.9. The lowest BCUT2D eigenvalue weighted by Gasteiger charge is -2.30. The van der Waals surface area contributed by atoms with Gasteiger partial charge in [0.1, 0.15) is 0 Å². The Balaban J connectivity index is 1.72. The van der Waals surface area contributed by atoms with Gasteiger partial charge in [0, 0.05) is 37.6 Å². The van der Waals surface area contributed by atoms with E-state index < -0.39 is 10.0 Å². The summed E-state index contributed by atoms with van der Waals surface area (Å²) in [6, 6.07) is 1.57. The second kappa shape index (κ2) is 7.10. The maximum Gasteiger partial charge on any atom is 0.315 e. The summed E-state index contributed by atoms with van der Waals surface area (Å²) in [6.07, 6.45) is 6.02. The molecule has 2 rings (SSSR count). The molecule has 124 valence electrons. The molecule has 2 amide bonds. The van der Waals surface area contributed by atoms with Crippen molar-refractivity contribution in [3.8, 4) is 0 Å². The molecule has 1 aromatic heterocycles. The van der Waals surface area contributed by atoms with Crippen molar-refractivity contribution in [2.75, 3.05) is 19.3 Å². The zero-order chi connectivity index (χ0) is 16.2. The van der Waals surface area contributed by atoms with E-state index in [0.717, 1.165) is 0 Å². The van der Waals surface area contributed by atoms with E-state index in [1.807, 2.05) is 19.2 Å². The van der Waals surface area contributed by atoms with E-state index in [0.29, 0.717) is 32.5 Å². The molecule has 0 radical (unpaired) electrons. The molecule has 8 nitrogen and oxygen atoms in total. The molecule has 1 aliphatic rings. The largest absolute Gasteiger partial charge is 0.335 e. The Morgan fingerprint density at radius 2 is 2.09 bits per heavy atom. The third-order valence-corrected chi connectivity index (χ3v) is 4.96. The molecule has 2 N–H and O–H groups in total. The van der Waals surface area contributed by atoms with Crippen molar-refractivity contribution in [2.45, 2.75) is 38.4 Å². The van der Waals surface area contributed by atoms with Crippen LogP contribution in [0.3, 0.4) is 0 Å². The highest BCUT2D eigenvalue weighted by Gasteiger charge is 2.25. The molecule has 1 fully saturated rings. The second-order valence-electron chi connectivity index (χ2n) is 5.68. The summed E-state index contributed by atoms with van der Waals surface area (Å²) < 4.78 is 26.1. The number of nitrogens with one attached hydrogen (secondary N) is 2. The lowest BCUT2D eigenvalue weighted by atomic mass is 10.1. The Morgan fingerprint density at radius 1 is 1.41 bits per heavy atom. The summed E-state index contributed by atoms with van der Waals surface area (Å²) in [5.41, 5.74) is 0. The van der Waals surface area contributed by atoms with Gasteiger partial charge in [-0.15, -0.1) is 0 Å². The molecule has 0 spiro atoms. The van der Waals surface area contributed by atoms with Gasteiger partial charge in [0.05, 0.1) is 12.8 Å². The van der Waals surface area contributed by atoms with Gasteiger partial charge in [-0.25, -0.2) is 17.5 Å². The van der Waals surface area contributed by atoms with Crippen molar-refractivity contribution < 1.29 is 13.2 Å². The SMILES string of the molecule is C[C@@H](Cn1cccn1)NC(=O)NC1CCN(S(C)(=O)=O)CC1. The first-order valence-corrected chi connectivity index (χ1v) is 9.19. The normalized spacial score (nSPS) is 18.8. The maximum atomic E-state index is 11.9. The van der Waals surface area contributed by atoms with Crippen LogP contribution in [-0.2, 0) is 16.6 Å². The summed E-state index contributed by atoms with van der Waals surface area (Å²) in [6.45, 7) is 3.42. The molecule has 1 aliphatic heterocycles. The number of hydrogen-bond acceptors (Lipinski definition) is 4. The average Bonchev–Trinajstić information content (AvgIpc) is 2.90. The molecular formula is C13H23N5O3S. The fourth-order valence-corrected chi connectivity index (χ4v) is 3.39. The van der Waals surface area contributed by atoms with Gasteiger partial charge in [0.2, 0.25) is 10.0 Å². The van der Waals surface area contributed by atoms with Gasteiger partial charge in [0.25, 0.3) is 0 Å². The van der Waals surface area contributed by atoms with E-state index in [1.54, 1.807) is 10.9 Å². The molecule has 1 aromatic rings. The fraction of sp³-hybridized carbons (Fsp3) is 0.692. The Bertz CT molecular complexity index is 579. The van der Waals surface area contributed by atoms with E-state index >= 15 is 0 Å². The number of urea groups is 1. The second-order valence-corrected chi connectivity index (χ2v) is 7.67. The van der Waals surface area contributed by atoms with Crippen LogP contribution in [-0.4, -0.2) is 60.0 Å². The van der Waals surface area contributed by atoms with Crippen LogP contribution < -0.4 is 10.6 Å². The number of nitrogens with zero attached hydrogens (tertiary/aromatic N) is 3. The number of sulfonamides is 1. The van der Waals surface area contributed by atoms with Crippen LogP contribution in [0.15, 0.2) is 18.5 Å². The highest BCUT2D eigenvalue weighted by Crippen LogP contribution is 2.13. The Labute approximate surface area is 130 Å². The zero-order valence-corrected chi connectivity index (χ0v) is 13.7. The van der Waals surface area contributed by atoms with Crippen molar-refractivity contribution in [1.82, 2.24) is 24.7 Å². The van der Waals surface area contributed by atoms with Crippen LogP contribution in [0.4, 0.5) is 4.79 Å². The van der Waals surface area contributed by atoms with Crippen LogP contribution >= 0.6 is 0 Å². The van der Waals surface area contributed by atoms with E-state index in [9.17, 15) is 13.2 Å². The molecule has 2 heterocycles. The van der Waals surface area contributed by atoms with Gasteiger partial charge in [-0.2, -0.15) is 5.10 Å². The molecule has 1 saturated heterocycles. The molecular weight excluding hydrogens is 306 g/mol. The predicted molar refractivity (Wildman–Crippen MR) is 82.8 cm³/mol. The van der Waals surface area contributed by atoms with E-state index in [-0.39, 0.29) is 18.1 Å². The molecule has 0 saturated carbocycles. The fourth-order valence-electron chi connectivity index (χ4n) is 2.52. The van der Waals surface area contributed by atoms with Crippen molar-refractivity contribution >= 4 is 16.1 Å². The number of rotatable bonds is 5. The summed E-state index contributed by atoms with van der Waals surface area (Å²) in [5.74, 6) is 0. The summed E-state index contributed by atoms with van der Waals surface area (Å²) >= 11 is 0. The third-order valence-electron chi connectivity index (χ3n) is 3.66. The number of amides is 2. The van der Waals surface area contributed by atoms with Crippen LogP contribution in [0.1, 0.15) is 19.8 Å². The lowest BCUT2D eigenvalue weighted by Crippen LogP contribution is -2.50. The minimum atomic E-state index is -3.13. The van der Waals surface area contributed by atoms with Crippen LogP contribution in [0.5, 0.6) is 0 Å². The van der Waals surface area contributed by atoms with Crippen molar-refractivity contribution in [2.24, 2.45) is 0 Å². The molecule has 0 aliphatic carbocycles. The van der Waals surface area contributed by atoms with Crippen molar-refractivity contribution in [1.29, 1.82) is 0 Å². The number of aromatic nitrogens is 2. The van der Waals surface area contributed by atoms with Crippen LogP contribution in [0.2, 0.25) is 0 Å². The number of carbonyl (C=O) groups is 1. The van der Waals surface area contributed by atoms with Crippen LogP contribution in [0.25, 0.3) is 0 Å². The quantitative estimate of drug-likeness (QED) is 0.794. The molecule has 0 aromatic carbocycles. The van der Waals surface area contributed by atoms with Gasteiger partial charge in [-0.3, -0.25) is 4.68 Å². The highest BCUT2D eigenvalue weighted by molar-refractivity contribution is 7.88. The smallest absolute Gasteiger partial charge is 0.315 e. The van der Waals surface area contributed by atoms with E-state index in [2.05, 4.69) is 15.7 Å².